The molecule has 0 amide bonds. The molecule has 0 unspecified atom stereocenters. The molecule has 0 aliphatic rings. The summed E-state index contributed by atoms with van der Waals surface area (Å²) in [4.78, 5) is 0.0627. The van der Waals surface area contributed by atoms with Crippen molar-refractivity contribution in [2.24, 2.45) is 0 Å². The highest BCUT2D eigenvalue weighted by Gasteiger charge is 2.19. The summed E-state index contributed by atoms with van der Waals surface area (Å²) in [6.07, 6.45) is 0. The van der Waals surface area contributed by atoms with Crippen molar-refractivity contribution < 1.29 is 22.1 Å². The lowest BCUT2D eigenvalue weighted by molar-refractivity contribution is 0.404. The quantitative estimate of drug-likeness (QED) is 0.521. The largest absolute Gasteiger partial charge is 0.497 e. The second kappa shape index (κ2) is 8.12. The topological polar surface area (TPSA) is 61.8 Å². The van der Waals surface area contributed by atoms with E-state index < -0.39 is 10.1 Å². The fourth-order valence-electron chi connectivity index (χ4n) is 2.65. The van der Waals surface area contributed by atoms with Crippen molar-refractivity contribution in [2.75, 3.05) is 14.2 Å². The Labute approximate surface area is 169 Å². The smallest absolute Gasteiger partial charge is 0.339 e. The Hall–Kier alpha value is -2.70. The van der Waals surface area contributed by atoms with Gasteiger partial charge in [-0.1, -0.05) is 35.4 Å². The average molecular weight is 419 g/mol. The molecule has 0 bridgehead atoms. The summed E-state index contributed by atoms with van der Waals surface area (Å²) in [6, 6.07) is 16.6. The highest BCUT2D eigenvalue weighted by Crippen LogP contribution is 2.37. The van der Waals surface area contributed by atoms with E-state index in [9.17, 15) is 8.42 Å². The normalized spacial score (nSPS) is 11.1. The zero-order valence-corrected chi connectivity index (χ0v) is 17.2. The number of aryl methyl sites for hydroxylation is 1. The molecule has 0 aliphatic carbocycles. The lowest BCUT2D eigenvalue weighted by Crippen LogP contribution is -2.10. The first kappa shape index (κ1) is 20.0. The molecule has 0 aliphatic heterocycles. The number of rotatable bonds is 6. The van der Waals surface area contributed by atoms with Crippen molar-refractivity contribution >= 4 is 21.7 Å². The maximum absolute atomic E-state index is 12.5. The van der Waals surface area contributed by atoms with Gasteiger partial charge in [-0.3, -0.25) is 0 Å². The second-order valence-electron chi connectivity index (χ2n) is 6.06. The Balaban J connectivity index is 1.94. The summed E-state index contributed by atoms with van der Waals surface area (Å²) >= 11 is 6.31. The first-order chi connectivity index (χ1) is 13.3. The van der Waals surface area contributed by atoms with Gasteiger partial charge in [0.2, 0.25) is 0 Å². The van der Waals surface area contributed by atoms with Crippen molar-refractivity contribution in [1.29, 1.82) is 0 Å². The summed E-state index contributed by atoms with van der Waals surface area (Å²) in [5, 5.41) is 0.165. The number of methoxy groups -OCH3 is 2. The maximum atomic E-state index is 12.5. The van der Waals surface area contributed by atoms with Crippen LogP contribution in [0, 0.1) is 6.92 Å². The summed E-state index contributed by atoms with van der Waals surface area (Å²) in [5.41, 5.74) is 2.45. The Kier molecular flexibility index (Phi) is 5.82. The highest BCUT2D eigenvalue weighted by atomic mass is 35.5. The molecule has 0 spiro atoms. The third-order valence-electron chi connectivity index (χ3n) is 4.16. The van der Waals surface area contributed by atoms with Crippen molar-refractivity contribution in [3.05, 3.63) is 71.2 Å². The van der Waals surface area contributed by atoms with E-state index >= 15 is 0 Å². The van der Waals surface area contributed by atoms with Crippen molar-refractivity contribution in [2.45, 2.75) is 11.8 Å². The van der Waals surface area contributed by atoms with Gasteiger partial charge in [0.1, 0.15) is 16.4 Å². The van der Waals surface area contributed by atoms with Gasteiger partial charge < -0.3 is 13.7 Å². The Morgan fingerprint density at radius 3 is 2.11 bits per heavy atom. The van der Waals surface area contributed by atoms with Gasteiger partial charge in [-0.25, -0.2) is 0 Å². The molecule has 0 saturated heterocycles. The summed E-state index contributed by atoms with van der Waals surface area (Å²) < 4.78 is 40.9. The van der Waals surface area contributed by atoms with Crippen molar-refractivity contribution in [3.63, 3.8) is 0 Å². The van der Waals surface area contributed by atoms with Crippen molar-refractivity contribution in [3.8, 4) is 28.4 Å². The highest BCUT2D eigenvalue weighted by molar-refractivity contribution is 7.87. The van der Waals surface area contributed by atoms with E-state index in [0.29, 0.717) is 11.5 Å². The predicted molar refractivity (Wildman–Crippen MR) is 109 cm³/mol. The first-order valence-electron chi connectivity index (χ1n) is 8.37. The molecule has 5 nitrogen and oxygen atoms in total. The van der Waals surface area contributed by atoms with Gasteiger partial charge in [-0.15, -0.1) is 0 Å². The van der Waals surface area contributed by atoms with Crippen LogP contribution < -0.4 is 13.7 Å². The van der Waals surface area contributed by atoms with E-state index in [1.807, 2.05) is 13.0 Å². The van der Waals surface area contributed by atoms with Crippen LogP contribution in [-0.2, 0) is 10.1 Å². The number of halogens is 1. The lowest BCUT2D eigenvalue weighted by atomic mass is 10.0. The number of hydrogen-bond acceptors (Lipinski definition) is 5. The van der Waals surface area contributed by atoms with Crippen LogP contribution in [0.3, 0.4) is 0 Å². The molecule has 0 radical (unpaired) electrons. The van der Waals surface area contributed by atoms with E-state index in [2.05, 4.69) is 0 Å². The molecule has 28 heavy (non-hydrogen) atoms. The molecule has 0 atom stereocenters. The van der Waals surface area contributed by atoms with E-state index in [0.717, 1.165) is 16.7 Å². The number of ether oxygens (including phenoxy) is 2. The Bertz CT molecular complexity index is 1090. The fraction of sp³-hybridized carbons (Fsp3) is 0.143. The summed E-state index contributed by atoms with van der Waals surface area (Å²) in [5.74, 6) is 1.35. The van der Waals surface area contributed by atoms with Crippen LogP contribution in [0.1, 0.15) is 5.56 Å². The van der Waals surface area contributed by atoms with Crippen LogP contribution in [-0.4, -0.2) is 22.6 Å². The minimum absolute atomic E-state index is 0.0489. The monoisotopic (exact) mass is 418 g/mol. The van der Waals surface area contributed by atoms with Crippen LogP contribution >= 0.6 is 11.6 Å². The van der Waals surface area contributed by atoms with E-state index in [4.69, 9.17) is 25.3 Å². The molecule has 0 heterocycles. The van der Waals surface area contributed by atoms with Gasteiger partial charge in [-0.05, 0) is 55.0 Å². The van der Waals surface area contributed by atoms with E-state index in [1.165, 1.54) is 18.2 Å². The molecule has 7 heteroatoms. The SMILES string of the molecule is COc1ccc(OC)c(-c2ccc(OS(=O)(=O)c3ccc(C)cc3)c(Cl)c2)c1. The molecule has 3 aromatic carbocycles. The van der Waals surface area contributed by atoms with Crippen LogP contribution in [0.4, 0.5) is 0 Å². The van der Waals surface area contributed by atoms with E-state index in [1.54, 1.807) is 50.6 Å². The Morgan fingerprint density at radius 1 is 0.821 bits per heavy atom. The third-order valence-corrected chi connectivity index (χ3v) is 5.70. The molecular weight excluding hydrogens is 400 g/mol. The molecule has 0 aromatic heterocycles. The lowest BCUT2D eigenvalue weighted by Gasteiger charge is -2.13. The molecule has 3 aromatic rings. The molecule has 146 valence electrons. The van der Waals surface area contributed by atoms with Gasteiger partial charge in [0.15, 0.2) is 5.75 Å². The fourth-order valence-corrected chi connectivity index (χ4v) is 3.86. The van der Waals surface area contributed by atoms with Crippen LogP contribution in [0.5, 0.6) is 17.2 Å². The zero-order valence-electron chi connectivity index (χ0n) is 15.6. The predicted octanol–water partition coefficient (Wildman–Crippen LogP) is 5.10. The van der Waals surface area contributed by atoms with Crippen LogP contribution in [0.25, 0.3) is 11.1 Å². The molecule has 0 N–H and O–H groups in total. The van der Waals surface area contributed by atoms with Crippen LogP contribution in [0.15, 0.2) is 65.6 Å². The van der Waals surface area contributed by atoms with Gasteiger partial charge in [0.05, 0.1) is 19.2 Å². The minimum Gasteiger partial charge on any atom is -0.497 e. The maximum Gasteiger partial charge on any atom is 0.339 e. The zero-order chi connectivity index (χ0) is 20.3. The van der Waals surface area contributed by atoms with Gasteiger partial charge in [-0.2, -0.15) is 8.42 Å². The average Bonchev–Trinajstić information content (AvgIpc) is 2.69. The molecule has 0 fully saturated rings. The summed E-state index contributed by atoms with van der Waals surface area (Å²) in [6.45, 7) is 1.87. The van der Waals surface area contributed by atoms with Gasteiger partial charge in [0.25, 0.3) is 0 Å². The van der Waals surface area contributed by atoms with Gasteiger partial charge >= 0.3 is 10.1 Å². The first-order valence-corrected chi connectivity index (χ1v) is 10.2. The number of hydrogen-bond donors (Lipinski definition) is 0. The van der Waals surface area contributed by atoms with Gasteiger partial charge in [0, 0.05) is 5.56 Å². The second-order valence-corrected chi connectivity index (χ2v) is 8.02. The summed E-state index contributed by atoms with van der Waals surface area (Å²) in [7, 11) is -0.840. The minimum atomic E-state index is -3.98. The Morgan fingerprint density at radius 2 is 1.50 bits per heavy atom. The molecular formula is C21H19ClO5S. The molecule has 3 rings (SSSR count). The standard InChI is InChI=1S/C21H19ClO5S/c1-14-4-8-17(9-5-14)28(23,24)27-21-10-6-15(12-19(21)22)18-13-16(25-2)7-11-20(18)26-3/h4-13H,1-3H3. The third kappa shape index (κ3) is 4.24. The van der Waals surface area contributed by atoms with Crippen molar-refractivity contribution in [1.82, 2.24) is 0 Å². The van der Waals surface area contributed by atoms with E-state index in [-0.39, 0.29) is 15.7 Å². The van der Waals surface area contributed by atoms with Crippen LogP contribution in [0.2, 0.25) is 5.02 Å². The number of benzene rings is 3. The molecule has 0 saturated carbocycles.